The first-order valence-electron chi connectivity index (χ1n) is 10.3. The van der Waals surface area contributed by atoms with Crippen molar-refractivity contribution in [2.24, 2.45) is 17.3 Å². The minimum absolute atomic E-state index is 0.235. The highest BCUT2D eigenvalue weighted by Crippen LogP contribution is 2.62. The molecule has 0 spiro atoms. The Bertz CT molecular complexity index is 908. The lowest BCUT2D eigenvalue weighted by atomic mass is 9.48. The zero-order chi connectivity index (χ0) is 20.2. The van der Waals surface area contributed by atoms with Crippen LogP contribution in [0.4, 0.5) is 0 Å². The minimum Gasteiger partial charge on any atom is -0.497 e. The van der Waals surface area contributed by atoms with Crippen LogP contribution in [-0.2, 0) is 9.53 Å². The number of benzene rings is 1. The first kappa shape index (κ1) is 18.6. The van der Waals surface area contributed by atoms with E-state index >= 15 is 0 Å². The second-order valence-corrected chi connectivity index (χ2v) is 9.19. The van der Waals surface area contributed by atoms with E-state index in [9.17, 15) is 9.90 Å². The summed E-state index contributed by atoms with van der Waals surface area (Å²) in [6, 6.07) is 7.31. The molecule has 1 aromatic carbocycles. The van der Waals surface area contributed by atoms with Crippen molar-refractivity contribution >= 4 is 5.97 Å². The number of aliphatic hydroxyl groups is 1. The van der Waals surface area contributed by atoms with Crippen LogP contribution in [0.3, 0.4) is 0 Å². The molecule has 3 unspecified atom stereocenters. The van der Waals surface area contributed by atoms with Crippen LogP contribution in [0.15, 0.2) is 28.7 Å². The van der Waals surface area contributed by atoms with Crippen LogP contribution in [0.1, 0.15) is 57.4 Å². The fourth-order valence-electron chi connectivity index (χ4n) is 6.04. The number of hydrogen-bond acceptors (Lipinski definition) is 7. The number of hydrogen-bond donors (Lipinski definition) is 1. The molecule has 0 saturated heterocycles. The maximum absolute atomic E-state index is 13.1. The molecule has 7 heteroatoms. The molecule has 0 aliphatic heterocycles. The standard InChI is InChI=1S/C22H26N2O5/c1-13(18-23-24-19(29-18)16-3-5-17(27-2)6-4-16)28-20(25)21-8-14-7-15(9-21)11-22(26,10-14)12-21/h3-6,13-15,26H,7-12H2,1-2H3. The highest BCUT2D eigenvalue weighted by atomic mass is 16.6. The molecule has 7 nitrogen and oxygen atoms in total. The van der Waals surface area contributed by atoms with E-state index in [1.165, 1.54) is 0 Å². The van der Waals surface area contributed by atoms with Gasteiger partial charge in [-0.3, -0.25) is 4.79 Å². The maximum Gasteiger partial charge on any atom is 0.312 e. The first-order valence-corrected chi connectivity index (χ1v) is 10.3. The lowest BCUT2D eigenvalue weighted by molar-refractivity contribution is -0.200. The van der Waals surface area contributed by atoms with E-state index in [1.54, 1.807) is 14.0 Å². The number of rotatable bonds is 5. The van der Waals surface area contributed by atoms with E-state index in [0.29, 0.717) is 24.1 Å². The van der Waals surface area contributed by atoms with Crippen molar-refractivity contribution in [3.63, 3.8) is 0 Å². The molecule has 6 rings (SSSR count). The molecule has 1 aromatic heterocycles. The molecule has 4 fully saturated rings. The fourth-order valence-corrected chi connectivity index (χ4v) is 6.04. The Kier molecular flexibility index (Phi) is 4.21. The van der Waals surface area contributed by atoms with Gasteiger partial charge in [-0.2, -0.15) is 0 Å². The predicted molar refractivity (Wildman–Crippen MR) is 103 cm³/mol. The van der Waals surface area contributed by atoms with E-state index in [1.807, 2.05) is 24.3 Å². The minimum atomic E-state index is -0.696. The van der Waals surface area contributed by atoms with Gasteiger partial charge in [0.25, 0.3) is 5.89 Å². The van der Waals surface area contributed by atoms with Crippen molar-refractivity contribution < 1.29 is 23.8 Å². The Labute approximate surface area is 169 Å². The molecule has 4 bridgehead atoms. The van der Waals surface area contributed by atoms with Gasteiger partial charge in [0.2, 0.25) is 5.89 Å². The Morgan fingerprint density at radius 3 is 2.48 bits per heavy atom. The van der Waals surface area contributed by atoms with Crippen molar-refractivity contribution in [2.45, 2.75) is 57.2 Å². The zero-order valence-corrected chi connectivity index (χ0v) is 16.8. The van der Waals surface area contributed by atoms with Gasteiger partial charge in [-0.1, -0.05) is 0 Å². The van der Waals surface area contributed by atoms with E-state index in [2.05, 4.69) is 10.2 Å². The average molecular weight is 398 g/mol. The second kappa shape index (κ2) is 6.55. The first-order chi connectivity index (χ1) is 13.9. The van der Waals surface area contributed by atoms with E-state index < -0.39 is 17.1 Å². The summed E-state index contributed by atoms with van der Waals surface area (Å²) in [5.41, 5.74) is -0.490. The molecule has 0 radical (unpaired) electrons. The number of carbonyl (C=O) groups excluding carboxylic acids is 1. The summed E-state index contributed by atoms with van der Waals surface area (Å²) in [4.78, 5) is 13.1. The second-order valence-electron chi connectivity index (χ2n) is 9.19. The summed E-state index contributed by atoms with van der Waals surface area (Å²) in [5, 5.41) is 19.0. The normalized spacial score (nSPS) is 33.5. The fraction of sp³-hybridized carbons (Fsp3) is 0.591. The van der Waals surface area contributed by atoms with Gasteiger partial charge in [0.05, 0.1) is 18.1 Å². The summed E-state index contributed by atoms with van der Waals surface area (Å²) >= 11 is 0. The van der Waals surface area contributed by atoms with Crippen LogP contribution in [0, 0.1) is 17.3 Å². The summed E-state index contributed by atoms with van der Waals surface area (Å²) < 4.78 is 16.7. The van der Waals surface area contributed by atoms with Gasteiger partial charge in [0.15, 0.2) is 6.10 Å². The van der Waals surface area contributed by atoms with E-state index in [-0.39, 0.29) is 11.9 Å². The molecular formula is C22H26N2O5. The number of methoxy groups -OCH3 is 1. The monoisotopic (exact) mass is 398 g/mol. The largest absolute Gasteiger partial charge is 0.497 e. The lowest BCUT2D eigenvalue weighted by Gasteiger charge is -2.58. The smallest absolute Gasteiger partial charge is 0.312 e. The molecule has 2 aromatic rings. The molecule has 4 aliphatic carbocycles. The number of ether oxygens (including phenoxy) is 2. The average Bonchev–Trinajstić information content (AvgIpc) is 3.16. The highest BCUT2D eigenvalue weighted by molar-refractivity contribution is 5.78. The third kappa shape index (κ3) is 3.21. The Hall–Kier alpha value is -2.41. The van der Waals surface area contributed by atoms with Gasteiger partial charge in [-0.15, -0.1) is 10.2 Å². The van der Waals surface area contributed by atoms with Crippen LogP contribution < -0.4 is 4.74 Å². The number of carbonyl (C=O) groups is 1. The third-order valence-electron chi connectivity index (χ3n) is 6.87. The molecule has 4 saturated carbocycles. The van der Waals surface area contributed by atoms with E-state index in [4.69, 9.17) is 13.9 Å². The van der Waals surface area contributed by atoms with Crippen molar-refractivity contribution in [3.8, 4) is 17.2 Å². The van der Waals surface area contributed by atoms with Crippen molar-refractivity contribution in [3.05, 3.63) is 30.2 Å². The number of esters is 1. The maximum atomic E-state index is 13.1. The summed E-state index contributed by atoms with van der Waals surface area (Å²) in [5.74, 6) is 2.00. The predicted octanol–water partition coefficient (Wildman–Crippen LogP) is 3.68. The Morgan fingerprint density at radius 1 is 1.17 bits per heavy atom. The van der Waals surface area contributed by atoms with Gasteiger partial charge in [0.1, 0.15) is 5.75 Å². The topological polar surface area (TPSA) is 94.7 Å². The van der Waals surface area contributed by atoms with Crippen molar-refractivity contribution in [2.75, 3.05) is 7.11 Å². The SMILES string of the molecule is COc1ccc(-c2nnc(C(C)OC(=O)C34CC5CC(CC(O)(C5)C3)C4)o2)cc1. The summed E-state index contributed by atoms with van der Waals surface area (Å²) in [6.07, 6.45) is 4.29. The number of aromatic nitrogens is 2. The molecule has 1 N–H and O–H groups in total. The van der Waals surface area contributed by atoms with Crippen LogP contribution in [0.5, 0.6) is 5.75 Å². The highest BCUT2D eigenvalue weighted by Gasteiger charge is 2.61. The molecule has 1 heterocycles. The Morgan fingerprint density at radius 2 is 1.86 bits per heavy atom. The van der Waals surface area contributed by atoms with Crippen molar-refractivity contribution in [1.82, 2.24) is 10.2 Å². The van der Waals surface area contributed by atoms with Gasteiger partial charge in [0, 0.05) is 5.56 Å². The van der Waals surface area contributed by atoms with Crippen LogP contribution in [-0.4, -0.2) is 34.0 Å². The molecule has 29 heavy (non-hydrogen) atoms. The van der Waals surface area contributed by atoms with E-state index in [0.717, 1.165) is 43.4 Å². The zero-order valence-electron chi connectivity index (χ0n) is 16.8. The third-order valence-corrected chi connectivity index (χ3v) is 6.87. The van der Waals surface area contributed by atoms with Gasteiger partial charge in [-0.25, -0.2) is 0 Å². The molecule has 154 valence electrons. The molecular weight excluding hydrogens is 372 g/mol. The molecule has 0 amide bonds. The lowest BCUT2D eigenvalue weighted by Crippen LogP contribution is -2.58. The summed E-state index contributed by atoms with van der Waals surface area (Å²) in [6.45, 7) is 1.75. The molecule has 4 aliphatic rings. The Balaban J connectivity index is 1.30. The van der Waals surface area contributed by atoms with Crippen LogP contribution in [0.25, 0.3) is 11.5 Å². The number of nitrogens with zero attached hydrogens (tertiary/aromatic N) is 2. The van der Waals surface area contributed by atoms with Gasteiger partial charge in [-0.05, 0) is 81.5 Å². The van der Waals surface area contributed by atoms with Crippen LogP contribution >= 0.6 is 0 Å². The van der Waals surface area contributed by atoms with Crippen molar-refractivity contribution in [1.29, 1.82) is 0 Å². The quantitative estimate of drug-likeness (QED) is 0.768. The van der Waals surface area contributed by atoms with Crippen LogP contribution in [0.2, 0.25) is 0 Å². The van der Waals surface area contributed by atoms with Gasteiger partial charge >= 0.3 is 5.97 Å². The molecule has 3 atom stereocenters. The van der Waals surface area contributed by atoms with Gasteiger partial charge < -0.3 is 19.0 Å². The summed E-state index contributed by atoms with van der Waals surface area (Å²) in [7, 11) is 1.61.